The Balaban J connectivity index is 2.94. The summed E-state index contributed by atoms with van der Waals surface area (Å²) >= 11 is 6.13. The highest BCUT2D eigenvalue weighted by Crippen LogP contribution is 2.29. The summed E-state index contributed by atoms with van der Waals surface area (Å²) in [6.45, 7) is 6.59. The average Bonchev–Trinajstić information content (AvgIpc) is 2.51. The molecule has 0 bridgehead atoms. The summed E-state index contributed by atoms with van der Waals surface area (Å²) in [6.07, 6.45) is 0. The molecule has 0 atom stereocenters. The van der Waals surface area contributed by atoms with Crippen molar-refractivity contribution < 1.29 is 0 Å². The number of aromatic nitrogens is 3. The third kappa shape index (κ3) is 1.36. The SMILES string of the molecule is CCn1nc(N)c2c(C)c(Cl)c(C)nc21. The summed E-state index contributed by atoms with van der Waals surface area (Å²) in [6, 6.07) is 0. The number of anilines is 1. The largest absolute Gasteiger partial charge is 0.382 e. The first-order valence-corrected chi connectivity index (χ1v) is 5.22. The van der Waals surface area contributed by atoms with E-state index in [4.69, 9.17) is 17.3 Å². The predicted octanol–water partition coefficient (Wildman–Crippen LogP) is 2.30. The molecule has 2 rings (SSSR count). The molecule has 15 heavy (non-hydrogen) atoms. The van der Waals surface area contributed by atoms with Gasteiger partial charge in [0.05, 0.1) is 16.1 Å². The number of pyridine rings is 1. The Morgan fingerprint density at radius 3 is 2.67 bits per heavy atom. The number of aryl methyl sites for hydroxylation is 3. The van der Waals surface area contributed by atoms with Crippen molar-refractivity contribution in [3.05, 3.63) is 16.3 Å². The summed E-state index contributed by atoms with van der Waals surface area (Å²) < 4.78 is 1.79. The molecule has 0 fully saturated rings. The summed E-state index contributed by atoms with van der Waals surface area (Å²) in [4.78, 5) is 4.42. The number of nitrogens with two attached hydrogens (primary N) is 1. The maximum absolute atomic E-state index is 6.13. The summed E-state index contributed by atoms with van der Waals surface area (Å²) in [5.41, 5.74) is 8.43. The van der Waals surface area contributed by atoms with Crippen molar-refractivity contribution in [3.63, 3.8) is 0 Å². The van der Waals surface area contributed by atoms with Crippen molar-refractivity contribution in [2.45, 2.75) is 27.3 Å². The van der Waals surface area contributed by atoms with E-state index in [9.17, 15) is 0 Å². The van der Waals surface area contributed by atoms with Crippen molar-refractivity contribution in [2.75, 3.05) is 5.73 Å². The van der Waals surface area contributed by atoms with Gasteiger partial charge in [-0.25, -0.2) is 9.67 Å². The molecule has 0 unspecified atom stereocenters. The third-order valence-electron chi connectivity index (χ3n) is 2.55. The molecule has 80 valence electrons. The Morgan fingerprint density at radius 1 is 1.40 bits per heavy atom. The van der Waals surface area contributed by atoms with E-state index in [1.165, 1.54) is 0 Å². The van der Waals surface area contributed by atoms with Crippen LogP contribution in [0.5, 0.6) is 0 Å². The van der Waals surface area contributed by atoms with E-state index < -0.39 is 0 Å². The van der Waals surface area contributed by atoms with Gasteiger partial charge in [0.2, 0.25) is 0 Å². The molecule has 2 aromatic rings. The van der Waals surface area contributed by atoms with Crippen LogP contribution in [0.3, 0.4) is 0 Å². The zero-order chi connectivity index (χ0) is 11.2. The Kier molecular flexibility index (Phi) is 2.31. The molecule has 0 saturated heterocycles. The van der Waals surface area contributed by atoms with Crippen molar-refractivity contribution in [2.24, 2.45) is 0 Å². The molecule has 0 aliphatic rings. The Morgan fingerprint density at radius 2 is 2.07 bits per heavy atom. The maximum Gasteiger partial charge on any atom is 0.160 e. The van der Waals surface area contributed by atoms with Crippen LogP contribution in [0.1, 0.15) is 18.2 Å². The van der Waals surface area contributed by atoms with Crippen LogP contribution in [0.4, 0.5) is 5.82 Å². The molecule has 4 nitrogen and oxygen atoms in total. The Hall–Kier alpha value is -1.29. The first kappa shape index (κ1) is 10.2. The first-order valence-electron chi connectivity index (χ1n) is 4.85. The zero-order valence-electron chi connectivity index (χ0n) is 9.00. The van der Waals surface area contributed by atoms with Gasteiger partial charge in [0, 0.05) is 6.54 Å². The normalized spacial score (nSPS) is 11.2. The molecule has 0 aromatic carbocycles. The van der Waals surface area contributed by atoms with E-state index in [1.54, 1.807) is 4.68 Å². The van der Waals surface area contributed by atoms with Gasteiger partial charge in [-0.3, -0.25) is 0 Å². The number of nitrogens with zero attached hydrogens (tertiary/aromatic N) is 3. The van der Waals surface area contributed by atoms with Crippen molar-refractivity contribution in [3.8, 4) is 0 Å². The summed E-state index contributed by atoms with van der Waals surface area (Å²) in [5.74, 6) is 0.499. The minimum atomic E-state index is 0.499. The minimum absolute atomic E-state index is 0.499. The lowest BCUT2D eigenvalue weighted by Crippen LogP contribution is -1.99. The summed E-state index contributed by atoms with van der Waals surface area (Å²) in [7, 11) is 0. The van der Waals surface area contributed by atoms with Crippen molar-refractivity contribution in [1.29, 1.82) is 0 Å². The van der Waals surface area contributed by atoms with E-state index in [1.807, 2.05) is 20.8 Å². The number of rotatable bonds is 1. The van der Waals surface area contributed by atoms with Crippen LogP contribution in [0.25, 0.3) is 11.0 Å². The van der Waals surface area contributed by atoms with E-state index in [0.29, 0.717) is 10.8 Å². The van der Waals surface area contributed by atoms with E-state index >= 15 is 0 Å². The van der Waals surface area contributed by atoms with Gasteiger partial charge in [0.15, 0.2) is 11.5 Å². The lowest BCUT2D eigenvalue weighted by atomic mass is 10.2. The molecule has 2 aromatic heterocycles. The Labute approximate surface area is 93.0 Å². The highest BCUT2D eigenvalue weighted by atomic mass is 35.5. The van der Waals surface area contributed by atoms with Crippen molar-refractivity contribution in [1.82, 2.24) is 14.8 Å². The number of hydrogen-bond donors (Lipinski definition) is 1. The van der Waals surface area contributed by atoms with E-state index in [2.05, 4.69) is 10.1 Å². The highest BCUT2D eigenvalue weighted by molar-refractivity contribution is 6.33. The predicted molar refractivity (Wildman–Crippen MR) is 62.1 cm³/mol. The molecule has 0 radical (unpaired) electrons. The minimum Gasteiger partial charge on any atom is -0.382 e. The van der Waals surface area contributed by atoms with Crippen LogP contribution in [0, 0.1) is 13.8 Å². The monoisotopic (exact) mass is 224 g/mol. The molecular formula is C10H13ClN4. The van der Waals surface area contributed by atoms with Gasteiger partial charge in [0.1, 0.15) is 0 Å². The van der Waals surface area contributed by atoms with Crippen LogP contribution in [0.15, 0.2) is 0 Å². The van der Waals surface area contributed by atoms with Gasteiger partial charge in [0.25, 0.3) is 0 Å². The number of hydrogen-bond acceptors (Lipinski definition) is 3. The van der Waals surface area contributed by atoms with E-state index in [0.717, 1.165) is 28.8 Å². The lowest BCUT2D eigenvalue weighted by Gasteiger charge is -2.04. The van der Waals surface area contributed by atoms with Crippen LogP contribution < -0.4 is 5.73 Å². The smallest absolute Gasteiger partial charge is 0.160 e. The molecule has 5 heteroatoms. The second-order valence-electron chi connectivity index (χ2n) is 3.54. The van der Waals surface area contributed by atoms with Crippen LogP contribution in [-0.2, 0) is 6.54 Å². The molecule has 0 aliphatic carbocycles. The average molecular weight is 225 g/mol. The number of halogens is 1. The molecule has 2 heterocycles. The molecule has 0 amide bonds. The van der Waals surface area contributed by atoms with Crippen LogP contribution in [0.2, 0.25) is 5.02 Å². The lowest BCUT2D eigenvalue weighted by molar-refractivity contribution is 0.679. The fourth-order valence-corrected chi connectivity index (χ4v) is 1.89. The van der Waals surface area contributed by atoms with Gasteiger partial charge in [-0.15, -0.1) is 0 Å². The second-order valence-corrected chi connectivity index (χ2v) is 3.91. The molecular weight excluding hydrogens is 212 g/mol. The standard InChI is InChI=1S/C10H13ClN4/c1-4-15-10-7(9(12)14-15)5(2)8(11)6(3)13-10/h4H2,1-3H3,(H2,12,14). The maximum atomic E-state index is 6.13. The molecule has 0 spiro atoms. The van der Waals surface area contributed by atoms with Crippen molar-refractivity contribution >= 4 is 28.5 Å². The summed E-state index contributed by atoms with van der Waals surface area (Å²) in [5, 5.41) is 5.76. The fraction of sp³-hybridized carbons (Fsp3) is 0.400. The van der Waals surface area contributed by atoms with E-state index in [-0.39, 0.29) is 0 Å². The first-order chi connectivity index (χ1) is 7.06. The molecule has 2 N–H and O–H groups in total. The second kappa shape index (κ2) is 3.38. The quantitative estimate of drug-likeness (QED) is 0.809. The van der Waals surface area contributed by atoms with Gasteiger partial charge in [-0.05, 0) is 26.3 Å². The fourth-order valence-electron chi connectivity index (χ4n) is 1.75. The zero-order valence-corrected chi connectivity index (χ0v) is 9.76. The van der Waals surface area contributed by atoms with Gasteiger partial charge in [-0.2, -0.15) is 5.10 Å². The molecule has 0 saturated carbocycles. The van der Waals surface area contributed by atoms with Gasteiger partial charge in [-0.1, -0.05) is 11.6 Å². The van der Waals surface area contributed by atoms with Gasteiger partial charge < -0.3 is 5.73 Å². The van der Waals surface area contributed by atoms with Crippen LogP contribution >= 0.6 is 11.6 Å². The van der Waals surface area contributed by atoms with Crippen LogP contribution in [-0.4, -0.2) is 14.8 Å². The number of fused-ring (bicyclic) bond motifs is 1. The third-order valence-corrected chi connectivity index (χ3v) is 3.10. The Bertz CT molecular complexity index is 530. The molecule has 0 aliphatic heterocycles. The number of nitrogen functional groups attached to an aromatic ring is 1. The van der Waals surface area contributed by atoms with Gasteiger partial charge >= 0.3 is 0 Å². The highest BCUT2D eigenvalue weighted by Gasteiger charge is 2.15. The topological polar surface area (TPSA) is 56.7 Å².